The molecule has 5 heteroatoms. The van der Waals surface area contributed by atoms with Crippen LogP contribution in [-0.2, 0) is 9.47 Å². The zero-order valence-corrected chi connectivity index (χ0v) is 10.3. The van der Waals surface area contributed by atoms with E-state index in [1.165, 1.54) is 0 Å². The largest absolute Gasteiger partial charge is 0.396 e. The molecule has 92 valence electrons. The van der Waals surface area contributed by atoms with E-state index >= 15 is 0 Å². The first-order valence-electron chi connectivity index (χ1n) is 5.14. The van der Waals surface area contributed by atoms with Crippen LogP contribution in [0.3, 0.4) is 0 Å². The second-order valence-corrected chi connectivity index (χ2v) is 4.62. The van der Waals surface area contributed by atoms with Gasteiger partial charge in [-0.3, -0.25) is 0 Å². The smallest absolute Gasteiger partial charge is 0.0863 e. The Morgan fingerprint density at radius 3 is 2.60 bits per heavy atom. The molecule has 0 aromatic rings. The van der Waals surface area contributed by atoms with Crippen molar-refractivity contribution in [1.29, 1.82) is 0 Å². The van der Waals surface area contributed by atoms with Gasteiger partial charge < -0.3 is 19.7 Å². The first-order valence-corrected chi connectivity index (χ1v) is 6.29. The summed E-state index contributed by atoms with van der Waals surface area (Å²) in [5.74, 6) is 1.81. The zero-order chi connectivity index (χ0) is 11.5. The Kier molecular flexibility index (Phi) is 10.8. The van der Waals surface area contributed by atoms with E-state index in [0.717, 1.165) is 5.75 Å². The molecule has 4 nitrogen and oxygen atoms in total. The number of aliphatic hydroxyl groups excluding tert-OH is 2. The Bertz CT molecular complexity index is 135. The molecule has 2 atom stereocenters. The maximum atomic E-state index is 9.48. The molecule has 0 amide bonds. The van der Waals surface area contributed by atoms with E-state index < -0.39 is 6.10 Å². The van der Waals surface area contributed by atoms with Gasteiger partial charge in [0.15, 0.2) is 0 Å². The molecule has 0 aliphatic rings. The summed E-state index contributed by atoms with van der Waals surface area (Å²) in [6.07, 6.45) is -0.433. The van der Waals surface area contributed by atoms with Crippen molar-refractivity contribution < 1.29 is 19.7 Å². The number of thioether (sulfide) groups is 1. The minimum atomic E-state index is -0.433. The lowest BCUT2D eigenvalue weighted by Crippen LogP contribution is -2.20. The fourth-order valence-electron chi connectivity index (χ4n) is 0.868. The molecule has 0 spiro atoms. The summed E-state index contributed by atoms with van der Waals surface area (Å²) in [5, 5.41) is 18.3. The lowest BCUT2D eigenvalue weighted by atomic mass is 10.2. The van der Waals surface area contributed by atoms with E-state index in [-0.39, 0.29) is 12.5 Å². The summed E-state index contributed by atoms with van der Waals surface area (Å²) in [7, 11) is 1.62. The van der Waals surface area contributed by atoms with Crippen LogP contribution >= 0.6 is 11.8 Å². The summed E-state index contributed by atoms with van der Waals surface area (Å²) < 4.78 is 9.99. The average Bonchev–Trinajstić information content (AvgIpc) is 2.24. The lowest BCUT2D eigenvalue weighted by molar-refractivity contribution is 0.0218. The van der Waals surface area contributed by atoms with Gasteiger partial charge in [-0.1, -0.05) is 6.92 Å². The monoisotopic (exact) mass is 238 g/mol. The van der Waals surface area contributed by atoms with Crippen LogP contribution in [0.15, 0.2) is 0 Å². The van der Waals surface area contributed by atoms with E-state index in [0.29, 0.717) is 25.6 Å². The molecule has 0 fully saturated rings. The van der Waals surface area contributed by atoms with Crippen LogP contribution in [0.25, 0.3) is 0 Å². The number of aliphatic hydroxyl groups is 2. The van der Waals surface area contributed by atoms with Gasteiger partial charge in [0, 0.05) is 19.5 Å². The summed E-state index contributed by atoms with van der Waals surface area (Å²) in [6, 6.07) is 0. The molecule has 0 rings (SSSR count). The Balaban J connectivity index is 3.21. The lowest BCUT2D eigenvalue weighted by Gasteiger charge is -2.12. The third-order valence-corrected chi connectivity index (χ3v) is 3.19. The molecule has 0 bridgehead atoms. The van der Waals surface area contributed by atoms with Crippen LogP contribution in [0.5, 0.6) is 0 Å². The van der Waals surface area contributed by atoms with Crippen LogP contribution in [0.2, 0.25) is 0 Å². The predicted octanol–water partition coefficient (Wildman–Crippen LogP) is 0.372. The first kappa shape index (κ1) is 15.2. The van der Waals surface area contributed by atoms with E-state index in [4.69, 9.17) is 14.6 Å². The predicted molar refractivity (Wildman–Crippen MR) is 62.3 cm³/mol. The van der Waals surface area contributed by atoms with Crippen molar-refractivity contribution in [1.82, 2.24) is 0 Å². The number of hydrogen-bond donors (Lipinski definition) is 2. The van der Waals surface area contributed by atoms with E-state index in [1.54, 1.807) is 18.9 Å². The molecule has 0 aromatic carbocycles. The topological polar surface area (TPSA) is 58.9 Å². The summed E-state index contributed by atoms with van der Waals surface area (Å²) in [4.78, 5) is 0. The molecule has 0 saturated carbocycles. The highest BCUT2D eigenvalue weighted by Crippen LogP contribution is 2.09. The van der Waals surface area contributed by atoms with Crippen molar-refractivity contribution in [2.45, 2.75) is 13.0 Å². The average molecular weight is 238 g/mol. The Morgan fingerprint density at radius 2 is 2.00 bits per heavy atom. The summed E-state index contributed by atoms with van der Waals surface area (Å²) in [6.45, 7) is 3.61. The van der Waals surface area contributed by atoms with Crippen LogP contribution in [0.1, 0.15) is 6.92 Å². The molecule has 2 unspecified atom stereocenters. The first-order chi connectivity index (χ1) is 7.20. The highest BCUT2D eigenvalue weighted by atomic mass is 32.2. The van der Waals surface area contributed by atoms with Gasteiger partial charge in [0.2, 0.25) is 0 Å². The van der Waals surface area contributed by atoms with E-state index in [1.807, 2.05) is 6.92 Å². The van der Waals surface area contributed by atoms with Crippen molar-refractivity contribution >= 4 is 11.8 Å². The molecule has 15 heavy (non-hydrogen) atoms. The number of rotatable bonds is 10. The molecule has 0 aliphatic carbocycles. The Morgan fingerprint density at radius 1 is 1.27 bits per heavy atom. The highest BCUT2D eigenvalue weighted by molar-refractivity contribution is 7.99. The number of ether oxygens (including phenoxy) is 2. The van der Waals surface area contributed by atoms with Crippen LogP contribution in [0, 0.1) is 5.92 Å². The number of hydrogen-bond acceptors (Lipinski definition) is 5. The van der Waals surface area contributed by atoms with Crippen LogP contribution < -0.4 is 0 Å². The molecule has 0 heterocycles. The van der Waals surface area contributed by atoms with Gasteiger partial charge in [0.1, 0.15) is 0 Å². The normalized spacial score (nSPS) is 15.2. The second kappa shape index (κ2) is 10.7. The molecule has 0 aromatic heterocycles. The van der Waals surface area contributed by atoms with Gasteiger partial charge in [0.25, 0.3) is 0 Å². The van der Waals surface area contributed by atoms with Crippen LogP contribution in [-0.4, -0.2) is 61.4 Å². The van der Waals surface area contributed by atoms with Gasteiger partial charge in [-0.25, -0.2) is 0 Å². The summed E-state index contributed by atoms with van der Waals surface area (Å²) in [5.41, 5.74) is 0. The highest BCUT2D eigenvalue weighted by Gasteiger charge is 2.06. The van der Waals surface area contributed by atoms with Crippen molar-refractivity contribution in [3.05, 3.63) is 0 Å². The maximum absolute atomic E-state index is 9.48. The molecule has 0 aliphatic heterocycles. The molecule has 0 radical (unpaired) electrons. The van der Waals surface area contributed by atoms with Crippen molar-refractivity contribution in [2.75, 3.05) is 45.0 Å². The quantitative estimate of drug-likeness (QED) is 0.539. The molecule has 0 saturated heterocycles. The molecule has 2 N–H and O–H groups in total. The Labute approximate surface area is 96.0 Å². The third kappa shape index (κ3) is 10.5. The van der Waals surface area contributed by atoms with Gasteiger partial charge in [0.05, 0.1) is 25.9 Å². The molecular weight excluding hydrogens is 216 g/mol. The van der Waals surface area contributed by atoms with Crippen LogP contribution in [0.4, 0.5) is 0 Å². The van der Waals surface area contributed by atoms with E-state index in [9.17, 15) is 5.11 Å². The minimum Gasteiger partial charge on any atom is -0.396 e. The van der Waals surface area contributed by atoms with E-state index in [2.05, 4.69) is 0 Å². The van der Waals surface area contributed by atoms with Crippen molar-refractivity contribution in [3.8, 4) is 0 Å². The fraction of sp³-hybridized carbons (Fsp3) is 1.00. The maximum Gasteiger partial charge on any atom is 0.0863 e. The zero-order valence-electron chi connectivity index (χ0n) is 9.52. The van der Waals surface area contributed by atoms with Crippen molar-refractivity contribution in [3.63, 3.8) is 0 Å². The van der Waals surface area contributed by atoms with Crippen molar-refractivity contribution in [2.24, 2.45) is 5.92 Å². The third-order valence-electron chi connectivity index (χ3n) is 1.77. The standard InChI is InChI=1S/C10H22O4S/c1-9(5-11)7-15-8-10(12)6-14-4-3-13-2/h9-12H,3-8H2,1-2H3. The van der Waals surface area contributed by atoms with Gasteiger partial charge >= 0.3 is 0 Å². The van der Waals surface area contributed by atoms with Gasteiger partial charge in [-0.05, 0) is 11.7 Å². The fourth-order valence-corrected chi connectivity index (χ4v) is 1.88. The van der Waals surface area contributed by atoms with Gasteiger partial charge in [-0.2, -0.15) is 11.8 Å². The minimum absolute atomic E-state index is 0.202. The summed E-state index contributed by atoms with van der Waals surface area (Å²) >= 11 is 1.64. The molecular formula is C10H22O4S. The van der Waals surface area contributed by atoms with Gasteiger partial charge in [-0.15, -0.1) is 0 Å². The Hall–Kier alpha value is 0.190. The second-order valence-electron chi connectivity index (χ2n) is 3.55. The number of methoxy groups -OCH3 is 1. The SMILES string of the molecule is COCCOCC(O)CSCC(C)CO.